The third-order valence-electron chi connectivity index (χ3n) is 1.54. The molecule has 1 heterocycles. The standard InChI is InChI=1S/C9H9FN2O/c1-6-5-12-8(10)4-7(6)2-3-9(11)13/h2-5H,1H3,(H2,11,13). The Bertz CT molecular complexity index is 361. The summed E-state index contributed by atoms with van der Waals surface area (Å²) in [5.74, 6) is -1.13. The van der Waals surface area contributed by atoms with Gasteiger partial charge in [0.2, 0.25) is 11.9 Å². The second-order valence-corrected chi connectivity index (χ2v) is 2.60. The number of aromatic nitrogens is 1. The molecule has 0 aliphatic carbocycles. The number of amides is 1. The lowest BCUT2D eigenvalue weighted by atomic mass is 10.1. The summed E-state index contributed by atoms with van der Waals surface area (Å²) < 4.78 is 12.6. The number of carbonyl (C=O) groups is 1. The molecule has 1 rings (SSSR count). The van der Waals surface area contributed by atoms with Gasteiger partial charge >= 0.3 is 0 Å². The van der Waals surface area contributed by atoms with Crippen molar-refractivity contribution in [2.24, 2.45) is 5.73 Å². The highest BCUT2D eigenvalue weighted by Gasteiger charge is 1.97. The molecule has 1 aromatic heterocycles. The fraction of sp³-hybridized carbons (Fsp3) is 0.111. The van der Waals surface area contributed by atoms with Crippen LogP contribution >= 0.6 is 0 Å². The smallest absolute Gasteiger partial charge is 0.241 e. The van der Waals surface area contributed by atoms with Crippen molar-refractivity contribution in [3.8, 4) is 0 Å². The van der Waals surface area contributed by atoms with Crippen LogP contribution in [-0.2, 0) is 4.79 Å². The molecule has 0 saturated heterocycles. The number of rotatable bonds is 2. The lowest BCUT2D eigenvalue weighted by Crippen LogP contribution is -2.05. The van der Waals surface area contributed by atoms with Crippen molar-refractivity contribution in [2.45, 2.75) is 6.92 Å². The van der Waals surface area contributed by atoms with Crippen LogP contribution in [0.2, 0.25) is 0 Å². The predicted molar refractivity (Wildman–Crippen MR) is 47.2 cm³/mol. The number of aryl methyl sites for hydroxylation is 1. The maximum Gasteiger partial charge on any atom is 0.241 e. The van der Waals surface area contributed by atoms with Crippen LogP contribution in [-0.4, -0.2) is 10.9 Å². The van der Waals surface area contributed by atoms with E-state index < -0.39 is 11.9 Å². The van der Waals surface area contributed by atoms with Gasteiger partial charge in [-0.15, -0.1) is 0 Å². The van der Waals surface area contributed by atoms with E-state index >= 15 is 0 Å². The maximum absolute atomic E-state index is 12.6. The monoisotopic (exact) mass is 180 g/mol. The number of nitrogens with two attached hydrogens (primary N) is 1. The van der Waals surface area contributed by atoms with Gasteiger partial charge in [0.1, 0.15) is 0 Å². The Morgan fingerprint density at radius 2 is 2.38 bits per heavy atom. The van der Waals surface area contributed by atoms with E-state index in [-0.39, 0.29) is 0 Å². The van der Waals surface area contributed by atoms with Crippen molar-refractivity contribution in [3.63, 3.8) is 0 Å². The van der Waals surface area contributed by atoms with Gasteiger partial charge in [-0.3, -0.25) is 4.79 Å². The first-order valence-corrected chi connectivity index (χ1v) is 3.69. The van der Waals surface area contributed by atoms with Crippen molar-refractivity contribution in [3.05, 3.63) is 35.4 Å². The quantitative estimate of drug-likeness (QED) is 0.545. The third kappa shape index (κ3) is 2.66. The van der Waals surface area contributed by atoms with Crippen molar-refractivity contribution in [1.82, 2.24) is 4.98 Å². The van der Waals surface area contributed by atoms with Crippen LogP contribution in [0.1, 0.15) is 11.1 Å². The van der Waals surface area contributed by atoms with E-state index in [1.807, 2.05) is 0 Å². The highest BCUT2D eigenvalue weighted by atomic mass is 19.1. The second kappa shape index (κ2) is 3.80. The van der Waals surface area contributed by atoms with Crippen molar-refractivity contribution in [2.75, 3.05) is 0 Å². The Balaban J connectivity index is 3.00. The number of carbonyl (C=O) groups excluding carboxylic acids is 1. The minimum absolute atomic E-state index is 0.559. The number of primary amides is 1. The highest BCUT2D eigenvalue weighted by Crippen LogP contribution is 2.09. The van der Waals surface area contributed by atoms with E-state index in [9.17, 15) is 9.18 Å². The fourth-order valence-electron chi connectivity index (χ4n) is 0.864. The molecule has 4 heteroatoms. The van der Waals surface area contributed by atoms with E-state index in [1.165, 1.54) is 24.4 Å². The van der Waals surface area contributed by atoms with Gasteiger partial charge in [0.05, 0.1) is 0 Å². The zero-order valence-corrected chi connectivity index (χ0v) is 7.12. The van der Waals surface area contributed by atoms with Gasteiger partial charge in [0, 0.05) is 18.3 Å². The normalized spacial score (nSPS) is 10.6. The van der Waals surface area contributed by atoms with Crippen molar-refractivity contribution < 1.29 is 9.18 Å². The predicted octanol–water partition coefficient (Wildman–Crippen LogP) is 1.03. The summed E-state index contributed by atoms with van der Waals surface area (Å²) in [6, 6.07) is 1.24. The van der Waals surface area contributed by atoms with Crippen LogP contribution in [0.25, 0.3) is 6.08 Å². The number of hydrogen-bond acceptors (Lipinski definition) is 2. The summed E-state index contributed by atoms with van der Waals surface area (Å²) in [5.41, 5.74) is 6.29. The first-order valence-electron chi connectivity index (χ1n) is 3.69. The minimum atomic E-state index is -0.574. The number of hydrogen-bond donors (Lipinski definition) is 1. The van der Waals surface area contributed by atoms with Crippen LogP contribution < -0.4 is 5.73 Å². The summed E-state index contributed by atoms with van der Waals surface area (Å²) >= 11 is 0. The molecule has 0 fully saturated rings. The molecule has 0 aliphatic rings. The molecule has 0 unspecified atom stereocenters. The van der Waals surface area contributed by atoms with Gasteiger partial charge in [-0.05, 0) is 24.1 Å². The average molecular weight is 180 g/mol. The number of halogens is 1. The van der Waals surface area contributed by atoms with E-state index in [0.29, 0.717) is 5.56 Å². The van der Waals surface area contributed by atoms with Gasteiger partial charge < -0.3 is 5.73 Å². The largest absolute Gasteiger partial charge is 0.366 e. The molecule has 1 amide bonds. The number of pyridine rings is 1. The molecule has 0 aromatic carbocycles. The summed E-state index contributed by atoms with van der Waals surface area (Å²) in [6.07, 6.45) is 4.04. The van der Waals surface area contributed by atoms with Gasteiger partial charge in [-0.1, -0.05) is 0 Å². The zero-order chi connectivity index (χ0) is 9.84. The lowest BCUT2D eigenvalue weighted by molar-refractivity contribution is -0.113. The van der Waals surface area contributed by atoms with Crippen molar-refractivity contribution in [1.29, 1.82) is 0 Å². The first-order chi connectivity index (χ1) is 6.09. The van der Waals surface area contributed by atoms with E-state index in [0.717, 1.165) is 5.56 Å². The highest BCUT2D eigenvalue weighted by molar-refractivity contribution is 5.90. The topological polar surface area (TPSA) is 56.0 Å². The Hall–Kier alpha value is -1.71. The molecule has 3 nitrogen and oxygen atoms in total. The van der Waals surface area contributed by atoms with Crippen molar-refractivity contribution >= 4 is 12.0 Å². The van der Waals surface area contributed by atoms with Crippen LogP contribution in [0.15, 0.2) is 18.3 Å². The molecular weight excluding hydrogens is 171 g/mol. The molecule has 0 saturated carbocycles. The van der Waals surface area contributed by atoms with Crippen LogP contribution in [0.3, 0.4) is 0 Å². The van der Waals surface area contributed by atoms with Gasteiger partial charge in [0.15, 0.2) is 0 Å². The third-order valence-corrected chi connectivity index (χ3v) is 1.54. The Morgan fingerprint density at radius 1 is 1.69 bits per heavy atom. The second-order valence-electron chi connectivity index (χ2n) is 2.60. The zero-order valence-electron chi connectivity index (χ0n) is 7.12. The molecule has 0 radical (unpaired) electrons. The maximum atomic E-state index is 12.6. The molecule has 13 heavy (non-hydrogen) atoms. The van der Waals surface area contributed by atoms with Gasteiger partial charge in [-0.2, -0.15) is 4.39 Å². The lowest BCUT2D eigenvalue weighted by Gasteiger charge is -1.97. The fourth-order valence-corrected chi connectivity index (χ4v) is 0.864. The molecular formula is C9H9FN2O. The number of nitrogens with zero attached hydrogens (tertiary/aromatic N) is 1. The van der Waals surface area contributed by atoms with E-state index in [4.69, 9.17) is 5.73 Å². The van der Waals surface area contributed by atoms with Crippen LogP contribution in [0.5, 0.6) is 0 Å². The Morgan fingerprint density at radius 3 is 3.00 bits per heavy atom. The summed E-state index contributed by atoms with van der Waals surface area (Å²) in [5, 5.41) is 0. The van der Waals surface area contributed by atoms with E-state index in [2.05, 4.69) is 4.98 Å². The Kier molecular flexibility index (Phi) is 2.74. The van der Waals surface area contributed by atoms with Gasteiger partial charge in [-0.25, -0.2) is 4.98 Å². The molecule has 0 spiro atoms. The van der Waals surface area contributed by atoms with Gasteiger partial charge in [0.25, 0.3) is 0 Å². The molecule has 1 aromatic rings. The van der Waals surface area contributed by atoms with Crippen LogP contribution in [0, 0.1) is 12.9 Å². The van der Waals surface area contributed by atoms with E-state index in [1.54, 1.807) is 6.92 Å². The molecule has 0 atom stereocenters. The van der Waals surface area contributed by atoms with Crippen LogP contribution in [0.4, 0.5) is 4.39 Å². The SMILES string of the molecule is Cc1cnc(F)cc1C=CC(N)=O. The first kappa shape index (κ1) is 9.38. The molecule has 68 valence electrons. The summed E-state index contributed by atoms with van der Waals surface area (Å²) in [4.78, 5) is 13.8. The Labute approximate surface area is 75.1 Å². The average Bonchev–Trinajstić information content (AvgIpc) is 2.06. The summed E-state index contributed by atoms with van der Waals surface area (Å²) in [7, 11) is 0. The molecule has 0 bridgehead atoms. The minimum Gasteiger partial charge on any atom is -0.366 e. The molecule has 0 aliphatic heterocycles. The molecule has 2 N–H and O–H groups in total. The summed E-state index contributed by atoms with van der Waals surface area (Å²) in [6.45, 7) is 1.77.